The normalized spacial score (nSPS) is 21.9. The number of hydrogen-bond acceptors (Lipinski definition) is 6. The van der Waals surface area contributed by atoms with Crippen LogP contribution in [0.25, 0.3) is 0 Å². The molecular weight excluding hydrogens is 364 g/mol. The number of carbonyl (C=O) groups is 4. The van der Waals surface area contributed by atoms with Crippen molar-refractivity contribution in [3.05, 3.63) is 35.4 Å². The van der Waals surface area contributed by atoms with E-state index < -0.39 is 35.4 Å². The Morgan fingerprint density at radius 3 is 2.25 bits per heavy atom. The third-order valence-electron chi connectivity index (χ3n) is 4.67. The van der Waals surface area contributed by atoms with Gasteiger partial charge in [-0.15, -0.1) is 0 Å². The Kier molecular flexibility index (Phi) is 5.40. The van der Waals surface area contributed by atoms with E-state index in [9.17, 15) is 19.2 Å². The zero-order chi connectivity index (χ0) is 20.5. The molecule has 3 rings (SSSR count). The van der Waals surface area contributed by atoms with E-state index in [-0.39, 0.29) is 17.2 Å². The number of amides is 3. The number of ether oxygens (including phenoxy) is 1. The maximum atomic E-state index is 12.5. The maximum absolute atomic E-state index is 12.5. The molecule has 2 aliphatic rings. The number of nitrogens with zero attached hydrogens (tertiary/aromatic N) is 1. The lowest BCUT2D eigenvalue weighted by atomic mass is 9.86. The summed E-state index contributed by atoms with van der Waals surface area (Å²) < 4.78 is 5.24. The van der Waals surface area contributed by atoms with Gasteiger partial charge in [-0.05, 0) is 52.2 Å². The van der Waals surface area contributed by atoms with E-state index in [0.29, 0.717) is 24.3 Å². The van der Waals surface area contributed by atoms with Crippen LogP contribution in [-0.4, -0.2) is 40.6 Å². The highest BCUT2D eigenvalue weighted by molar-refractivity contribution is 6.20. The molecule has 1 N–H and O–H groups in total. The van der Waals surface area contributed by atoms with Gasteiger partial charge in [0, 0.05) is 6.04 Å². The largest absolute Gasteiger partial charge is 0.444 e. The number of hydrogen-bond donors (Lipinski definition) is 1. The predicted molar refractivity (Wildman–Crippen MR) is 98.1 cm³/mol. The molecule has 1 aliphatic heterocycles. The van der Waals surface area contributed by atoms with Crippen molar-refractivity contribution < 1.29 is 28.8 Å². The lowest BCUT2D eigenvalue weighted by Gasteiger charge is -2.30. The molecule has 0 saturated heterocycles. The number of fused-ring (bicyclic) bond motifs is 1. The lowest BCUT2D eigenvalue weighted by Crippen LogP contribution is -2.43. The SMILES string of the molecule is CC(C)(C)OC(=O)N[C@@H]1CCC[C@H](C(=O)ON2C(=O)c3ccccc3C2=O)C1. The van der Waals surface area contributed by atoms with E-state index >= 15 is 0 Å². The van der Waals surface area contributed by atoms with Crippen molar-refractivity contribution in [1.82, 2.24) is 10.4 Å². The van der Waals surface area contributed by atoms with E-state index in [4.69, 9.17) is 9.57 Å². The van der Waals surface area contributed by atoms with Gasteiger partial charge in [-0.25, -0.2) is 9.59 Å². The van der Waals surface area contributed by atoms with Gasteiger partial charge in [0.1, 0.15) is 5.60 Å². The van der Waals surface area contributed by atoms with Crippen LogP contribution in [0.2, 0.25) is 0 Å². The molecule has 1 aromatic rings. The standard InChI is InChI=1S/C20H24N2O6/c1-20(2,3)27-19(26)21-13-8-6-7-12(11-13)18(25)28-22-16(23)14-9-4-5-10-15(14)17(22)24/h4-5,9-10,12-13H,6-8,11H2,1-3H3,(H,21,26)/t12-,13+/m0/s1. The minimum absolute atomic E-state index is 0.216. The van der Waals surface area contributed by atoms with Gasteiger partial charge in [-0.3, -0.25) is 9.59 Å². The summed E-state index contributed by atoms with van der Waals surface area (Å²) in [4.78, 5) is 54.3. The molecule has 1 heterocycles. The molecule has 0 aromatic heterocycles. The van der Waals surface area contributed by atoms with Gasteiger partial charge in [0.25, 0.3) is 11.8 Å². The molecular formula is C20H24N2O6. The topological polar surface area (TPSA) is 102 Å². The molecule has 150 valence electrons. The second kappa shape index (κ2) is 7.61. The number of imide groups is 1. The van der Waals surface area contributed by atoms with Crippen molar-refractivity contribution in [3.8, 4) is 0 Å². The maximum Gasteiger partial charge on any atom is 0.407 e. The van der Waals surface area contributed by atoms with Crippen LogP contribution in [0.15, 0.2) is 24.3 Å². The average Bonchev–Trinajstić information content (AvgIpc) is 2.85. The Morgan fingerprint density at radius 1 is 1.07 bits per heavy atom. The van der Waals surface area contributed by atoms with E-state index in [1.54, 1.807) is 32.9 Å². The highest BCUT2D eigenvalue weighted by atomic mass is 16.7. The number of rotatable bonds is 3. The molecule has 1 aliphatic carbocycles. The van der Waals surface area contributed by atoms with Crippen LogP contribution in [0.3, 0.4) is 0 Å². The molecule has 3 amide bonds. The van der Waals surface area contributed by atoms with Crippen LogP contribution in [0.4, 0.5) is 4.79 Å². The van der Waals surface area contributed by atoms with Crippen molar-refractivity contribution in [2.75, 3.05) is 0 Å². The number of carbonyl (C=O) groups excluding carboxylic acids is 4. The first-order chi connectivity index (χ1) is 13.2. The molecule has 0 spiro atoms. The van der Waals surface area contributed by atoms with Crippen LogP contribution in [0, 0.1) is 5.92 Å². The summed E-state index contributed by atoms with van der Waals surface area (Å²) in [7, 11) is 0. The fourth-order valence-electron chi connectivity index (χ4n) is 3.42. The average molecular weight is 388 g/mol. The van der Waals surface area contributed by atoms with E-state index in [2.05, 4.69) is 5.32 Å². The molecule has 1 aromatic carbocycles. The Morgan fingerprint density at radius 2 is 1.68 bits per heavy atom. The molecule has 8 nitrogen and oxygen atoms in total. The second-order valence-corrected chi connectivity index (χ2v) is 8.07. The first-order valence-corrected chi connectivity index (χ1v) is 9.35. The van der Waals surface area contributed by atoms with Gasteiger partial charge in [0.2, 0.25) is 0 Å². The molecule has 0 unspecified atom stereocenters. The highest BCUT2D eigenvalue weighted by Gasteiger charge is 2.40. The first kappa shape index (κ1) is 19.9. The third-order valence-corrected chi connectivity index (χ3v) is 4.67. The Labute approximate surface area is 163 Å². The molecule has 0 bridgehead atoms. The van der Waals surface area contributed by atoms with Crippen LogP contribution < -0.4 is 5.32 Å². The Balaban J connectivity index is 1.58. The van der Waals surface area contributed by atoms with Gasteiger partial charge in [-0.2, -0.15) is 0 Å². The second-order valence-electron chi connectivity index (χ2n) is 8.07. The molecule has 1 fully saturated rings. The number of alkyl carbamates (subject to hydrolysis) is 1. The fourth-order valence-corrected chi connectivity index (χ4v) is 3.42. The van der Waals surface area contributed by atoms with Gasteiger partial charge in [-0.1, -0.05) is 23.6 Å². The highest BCUT2D eigenvalue weighted by Crippen LogP contribution is 2.28. The summed E-state index contributed by atoms with van der Waals surface area (Å²) in [5.41, 5.74) is -0.176. The monoisotopic (exact) mass is 388 g/mol. The number of nitrogens with one attached hydrogen (secondary N) is 1. The quantitative estimate of drug-likeness (QED) is 0.799. The summed E-state index contributed by atoms with van der Waals surface area (Å²) in [6.45, 7) is 5.32. The third kappa shape index (κ3) is 4.32. The molecule has 8 heteroatoms. The number of hydroxylamine groups is 2. The van der Waals surface area contributed by atoms with Gasteiger partial charge in [0.05, 0.1) is 17.0 Å². The smallest absolute Gasteiger partial charge is 0.407 e. The Bertz CT molecular complexity index is 778. The van der Waals surface area contributed by atoms with Crippen LogP contribution in [0.5, 0.6) is 0 Å². The minimum atomic E-state index is -0.648. The Hall–Kier alpha value is -2.90. The predicted octanol–water partition coefficient (Wildman–Crippen LogP) is 2.82. The van der Waals surface area contributed by atoms with Crippen molar-refractivity contribution >= 4 is 23.9 Å². The number of benzene rings is 1. The summed E-state index contributed by atoms with van der Waals surface area (Å²) in [6, 6.07) is 6.09. The van der Waals surface area contributed by atoms with Crippen molar-refractivity contribution in [2.45, 2.75) is 58.1 Å². The zero-order valence-electron chi connectivity index (χ0n) is 16.2. The summed E-state index contributed by atoms with van der Waals surface area (Å²) in [5, 5.41) is 3.29. The zero-order valence-corrected chi connectivity index (χ0v) is 16.2. The van der Waals surface area contributed by atoms with Crippen molar-refractivity contribution in [1.29, 1.82) is 0 Å². The van der Waals surface area contributed by atoms with Crippen molar-refractivity contribution in [3.63, 3.8) is 0 Å². The molecule has 0 radical (unpaired) electrons. The van der Waals surface area contributed by atoms with E-state index in [0.717, 1.165) is 6.42 Å². The lowest BCUT2D eigenvalue weighted by molar-refractivity contribution is -0.175. The summed E-state index contributed by atoms with van der Waals surface area (Å²) >= 11 is 0. The summed E-state index contributed by atoms with van der Waals surface area (Å²) in [6.07, 6.45) is 1.82. The van der Waals surface area contributed by atoms with Crippen LogP contribution in [-0.2, 0) is 14.4 Å². The molecule has 28 heavy (non-hydrogen) atoms. The molecule has 2 atom stereocenters. The van der Waals surface area contributed by atoms with Crippen LogP contribution >= 0.6 is 0 Å². The van der Waals surface area contributed by atoms with Crippen molar-refractivity contribution in [2.24, 2.45) is 5.92 Å². The van der Waals surface area contributed by atoms with E-state index in [1.807, 2.05) is 0 Å². The van der Waals surface area contributed by atoms with Crippen LogP contribution in [0.1, 0.15) is 67.2 Å². The summed E-state index contributed by atoms with van der Waals surface area (Å²) in [5.74, 6) is -2.45. The fraction of sp³-hybridized carbons (Fsp3) is 0.500. The van der Waals surface area contributed by atoms with Gasteiger partial charge < -0.3 is 14.9 Å². The van der Waals surface area contributed by atoms with Gasteiger partial charge >= 0.3 is 12.1 Å². The minimum Gasteiger partial charge on any atom is -0.444 e. The molecule has 1 saturated carbocycles. The van der Waals surface area contributed by atoms with E-state index in [1.165, 1.54) is 12.1 Å². The first-order valence-electron chi connectivity index (χ1n) is 9.35. The van der Waals surface area contributed by atoms with Gasteiger partial charge in [0.15, 0.2) is 0 Å².